The highest BCUT2D eigenvalue weighted by Gasteiger charge is 2.39. The van der Waals surface area contributed by atoms with E-state index in [2.05, 4.69) is 20.7 Å². The average molecular weight is 361 g/mol. The molecule has 0 fully saturated rings. The molecule has 0 aliphatic carbocycles. The summed E-state index contributed by atoms with van der Waals surface area (Å²) in [7, 11) is 0. The van der Waals surface area contributed by atoms with Gasteiger partial charge in [-0.25, -0.2) is 8.78 Å². The zero-order chi connectivity index (χ0) is 16.2. The molecule has 0 saturated carbocycles. The van der Waals surface area contributed by atoms with Crippen LogP contribution in [0.4, 0.5) is 8.78 Å². The number of carbonyl (C=O) groups excluding carboxylic acids is 2. The summed E-state index contributed by atoms with van der Waals surface area (Å²) in [5.41, 5.74) is -1.58. The second-order valence-corrected chi connectivity index (χ2v) is 7.40. The minimum atomic E-state index is -3.17. The minimum absolute atomic E-state index is 0.467. The number of carbonyl (C=O) groups is 2. The lowest BCUT2D eigenvalue weighted by Gasteiger charge is -2.26. The van der Waals surface area contributed by atoms with E-state index in [1.165, 1.54) is 6.92 Å². The first-order valence-electron chi connectivity index (χ1n) is 5.84. The molecular weight excluding hydrogens is 342 g/mol. The highest BCUT2D eigenvalue weighted by atomic mass is 79.9. The second-order valence-electron chi connectivity index (χ2n) is 5.41. The number of rotatable bonds is 7. The van der Waals surface area contributed by atoms with Crippen LogP contribution in [0.3, 0.4) is 0 Å². The quantitative estimate of drug-likeness (QED) is 0.554. The molecule has 0 spiro atoms. The smallest absolute Gasteiger partial charge is 0.322 e. The summed E-state index contributed by atoms with van der Waals surface area (Å²) in [6, 6.07) is 0. The van der Waals surface area contributed by atoms with E-state index in [1.807, 2.05) is 0 Å². The monoisotopic (exact) mass is 360 g/mol. The molecule has 1 atom stereocenters. The fourth-order valence-corrected chi connectivity index (χ4v) is 1.05. The van der Waals surface area contributed by atoms with Gasteiger partial charge in [-0.3, -0.25) is 9.59 Å². The lowest BCUT2D eigenvalue weighted by Crippen LogP contribution is -2.41. The molecule has 8 heteroatoms. The lowest BCUT2D eigenvalue weighted by atomic mass is 9.93. The van der Waals surface area contributed by atoms with E-state index >= 15 is 0 Å². The van der Waals surface area contributed by atoms with Gasteiger partial charge < -0.3 is 14.6 Å². The van der Waals surface area contributed by atoms with E-state index in [9.17, 15) is 23.5 Å². The van der Waals surface area contributed by atoms with Crippen LogP contribution in [0.25, 0.3) is 0 Å². The Kier molecular flexibility index (Phi) is 6.54. The highest BCUT2D eigenvalue weighted by Crippen LogP contribution is 2.23. The number of aliphatic hydroxyl groups is 1. The van der Waals surface area contributed by atoms with E-state index in [0.29, 0.717) is 6.92 Å². The van der Waals surface area contributed by atoms with Gasteiger partial charge in [0.1, 0.15) is 16.3 Å². The third-order valence-corrected chi connectivity index (χ3v) is 2.63. The molecule has 0 bridgehead atoms. The maximum atomic E-state index is 12.6. The van der Waals surface area contributed by atoms with Crippen LogP contribution in [-0.2, 0) is 19.1 Å². The first-order valence-corrected chi connectivity index (χ1v) is 6.63. The van der Waals surface area contributed by atoms with Gasteiger partial charge in [-0.2, -0.15) is 0 Å². The zero-order valence-corrected chi connectivity index (χ0v) is 13.4. The number of hydrogen-bond acceptors (Lipinski definition) is 5. The topological polar surface area (TPSA) is 72.8 Å². The molecule has 0 aliphatic rings. The van der Waals surface area contributed by atoms with Crippen LogP contribution in [0.1, 0.15) is 27.7 Å². The molecule has 0 heterocycles. The maximum absolute atomic E-state index is 12.6. The highest BCUT2D eigenvalue weighted by molar-refractivity contribution is 9.10. The Labute approximate surface area is 124 Å². The van der Waals surface area contributed by atoms with E-state index in [-0.39, 0.29) is 0 Å². The van der Waals surface area contributed by atoms with Gasteiger partial charge >= 0.3 is 11.9 Å². The van der Waals surface area contributed by atoms with Crippen molar-refractivity contribution in [2.75, 3.05) is 19.8 Å². The van der Waals surface area contributed by atoms with Gasteiger partial charge in [0.05, 0.1) is 6.61 Å². The van der Waals surface area contributed by atoms with Gasteiger partial charge in [0, 0.05) is 6.92 Å². The summed E-state index contributed by atoms with van der Waals surface area (Å²) in [5.74, 6) is -4.87. The largest absolute Gasteiger partial charge is 0.463 e. The fraction of sp³-hybridized carbons (Fsp3) is 0.833. The molecule has 0 aliphatic heterocycles. The second kappa shape index (κ2) is 6.80. The van der Waals surface area contributed by atoms with Crippen LogP contribution in [0.15, 0.2) is 0 Å². The van der Waals surface area contributed by atoms with Gasteiger partial charge in [-0.1, -0.05) is 15.9 Å². The van der Waals surface area contributed by atoms with Crippen molar-refractivity contribution >= 4 is 27.9 Å². The molecule has 118 valence electrons. The maximum Gasteiger partial charge on any atom is 0.322 e. The van der Waals surface area contributed by atoms with Crippen LogP contribution in [-0.4, -0.2) is 47.1 Å². The van der Waals surface area contributed by atoms with E-state index in [4.69, 9.17) is 4.74 Å². The molecule has 0 aromatic heterocycles. The molecular formula is C12H19BrF2O5. The minimum Gasteiger partial charge on any atom is -0.463 e. The molecule has 0 rings (SSSR count). The van der Waals surface area contributed by atoms with Crippen LogP contribution in [0, 0.1) is 5.41 Å². The number of halogens is 3. The summed E-state index contributed by atoms with van der Waals surface area (Å²) in [4.78, 5) is 23.2. The van der Waals surface area contributed by atoms with Crippen molar-refractivity contribution in [3.8, 4) is 0 Å². The molecule has 0 radical (unpaired) electrons. The summed E-state index contributed by atoms with van der Waals surface area (Å²) < 4.78 is 33.6. The van der Waals surface area contributed by atoms with Crippen molar-refractivity contribution in [2.45, 2.75) is 37.9 Å². The van der Waals surface area contributed by atoms with Crippen molar-refractivity contribution < 1.29 is 33.0 Å². The molecule has 1 unspecified atom stereocenters. The molecule has 20 heavy (non-hydrogen) atoms. The van der Waals surface area contributed by atoms with Crippen LogP contribution in [0.5, 0.6) is 0 Å². The van der Waals surface area contributed by atoms with Crippen LogP contribution < -0.4 is 0 Å². The number of alkyl halides is 3. The SMILES string of the molecule is CC(F)(F)COC(=O)C(C)(CO)COC(=O)C(C)(C)Br. The Morgan fingerprint density at radius 1 is 1.05 bits per heavy atom. The molecule has 1 N–H and O–H groups in total. The fourth-order valence-electron chi connectivity index (χ4n) is 0.932. The third-order valence-electron chi connectivity index (χ3n) is 2.31. The Morgan fingerprint density at radius 3 is 1.85 bits per heavy atom. The molecule has 0 aromatic rings. The lowest BCUT2D eigenvalue weighted by molar-refractivity contribution is -0.173. The van der Waals surface area contributed by atoms with E-state index in [0.717, 1.165) is 0 Å². The molecule has 0 saturated heterocycles. The Hall–Kier alpha value is -0.760. The standard InChI is InChI=1S/C12H19BrF2O5/c1-10(2,13)8(17)19-6-11(3,5-16)9(18)20-7-12(4,14)15/h16H,5-7H2,1-4H3. The number of ether oxygens (including phenoxy) is 2. The summed E-state index contributed by atoms with van der Waals surface area (Å²) in [5, 5.41) is 9.21. The molecule has 5 nitrogen and oxygen atoms in total. The summed E-state index contributed by atoms with van der Waals surface area (Å²) in [6.07, 6.45) is 0. The molecule has 0 aromatic carbocycles. The number of esters is 2. The van der Waals surface area contributed by atoms with Crippen molar-refractivity contribution in [1.29, 1.82) is 0 Å². The van der Waals surface area contributed by atoms with Crippen LogP contribution >= 0.6 is 15.9 Å². The predicted octanol–water partition coefficient (Wildman–Crippen LogP) is 1.90. The predicted molar refractivity (Wildman–Crippen MR) is 70.7 cm³/mol. The third kappa shape index (κ3) is 6.60. The van der Waals surface area contributed by atoms with E-state index < -0.39 is 47.4 Å². The zero-order valence-electron chi connectivity index (χ0n) is 11.8. The molecule has 0 amide bonds. The summed E-state index contributed by atoms with van der Waals surface area (Å²) >= 11 is 3.08. The van der Waals surface area contributed by atoms with Crippen molar-refractivity contribution in [2.24, 2.45) is 5.41 Å². The normalized spacial score (nSPS) is 15.4. The summed E-state index contributed by atoms with van der Waals surface area (Å²) in [6.45, 7) is 2.69. The van der Waals surface area contributed by atoms with Gasteiger partial charge in [0.15, 0.2) is 6.61 Å². The van der Waals surface area contributed by atoms with Crippen molar-refractivity contribution in [1.82, 2.24) is 0 Å². The Morgan fingerprint density at radius 2 is 1.50 bits per heavy atom. The van der Waals surface area contributed by atoms with E-state index in [1.54, 1.807) is 13.8 Å². The van der Waals surface area contributed by atoms with Crippen LogP contribution in [0.2, 0.25) is 0 Å². The number of aliphatic hydroxyl groups excluding tert-OH is 1. The Balaban J connectivity index is 4.61. The van der Waals surface area contributed by atoms with Gasteiger partial charge in [-0.15, -0.1) is 0 Å². The van der Waals surface area contributed by atoms with Gasteiger partial charge in [-0.05, 0) is 20.8 Å². The van der Waals surface area contributed by atoms with Gasteiger partial charge in [0.2, 0.25) is 0 Å². The number of hydrogen-bond donors (Lipinski definition) is 1. The first kappa shape index (κ1) is 19.2. The van der Waals surface area contributed by atoms with Crippen molar-refractivity contribution in [3.05, 3.63) is 0 Å². The van der Waals surface area contributed by atoms with Gasteiger partial charge in [0.25, 0.3) is 5.92 Å². The average Bonchev–Trinajstić information content (AvgIpc) is 2.30. The Bertz CT molecular complexity index is 362. The van der Waals surface area contributed by atoms with Crippen molar-refractivity contribution in [3.63, 3.8) is 0 Å². The first-order chi connectivity index (χ1) is 8.82.